The smallest absolute Gasteiger partial charge is 0.144 e. The van der Waals surface area contributed by atoms with Gasteiger partial charge in [-0.05, 0) is 29.8 Å². The Bertz CT molecular complexity index is 870. The van der Waals surface area contributed by atoms with Crippen LogP contribution in [0.25, 0.3) is 0 Å². The fraction of sp³-hybridized carbons (Fsp3) is 0.176. The van der Waals surface area contributed by atoms with Gasteiger partial charge in [-0.2, -0.15) is 5.10 Å². The van der Waals surface area contributed by atoms with E-state index in [2.05, 4.69) is 10.1 Å². The number of hydrogen-bond donors (Lipinski definition) is 1. The van der Waals surface area contributed by atoms with Gasteiger partial charge in [0.15, 0.2) is 0 Å². The Kier molecular flexibility index (Phi) is 3.51. The molecule has 1 fully saturated rings. The summed E-state index contributed by atoms with van der Waals surface area (Å²) in [7, 11) is 0. The summed E-state index contributed by atoms with van der Waals surface area (Å²) in [6.45, 7) is 0.417. The van der Waals surface area contributed by atoms with Crippen LogP contribution < -0.4 is 0 Å². The number of aromatic hydroxyl groups is 1. The van der Waals surface area contributed by atoms with Crippen LogP contribution >= 0.6 is 11.6 Å². The zero-order valence-electron chi connectivity index (χ0n) is 12.4. The van der Waals surface area contributed by atoms with E-state index in [1.807, 2.05) is 0 Å². The summed E-state index contributed by atoms with van der Waals surface area (Å²) in [6, 6.07) is 11.0. The molecule has 0 spiro atoms. The van der Waals surface area contributed by atoms with Gasteiger partial charge in [-0.15, -0.1) is 0 Å². The highest BCUT2D eigenvalue weighted by atomic mass is 35.5. The van der Waals surface area contributed by atoms with Crippen LogP contribution in [0.3, 0.4) is 0 Å². The summed E-state index contributed by atoms with van der Waals surface area (Å²) in [5.74, 6) is -0.220. The predicted octanol–water partition coefficient (Wildman–Crippen LogP) is 3.44. The Hall–Kier alpha value is -2.44. The quantitative estimate of drug-likeness (QED) is 0.736. The number of epoxide rings is 1. The molecule has 2 atom stereocenters. The molecular weight excluding hydrogens is 333 g/mol. The molecule has 24 heavy (non-hydrogen) atoms. The largest absolute Gasteiger partial charge is 0.508 e. The van der Waals surface area contributed by atoms with Crippen molar-refractivity contribution in [3.63, 3.8) is 0 Å². The van der Waals surface area contributed by atoms with Crippen molar-refractivity contribution in [2.45, 2.75) is 18.2 Å². The Balaban J connectivity index is 1.74. The number of rotatable bonds is 4. The monoisotopic (exact) mass is 345 g/mol. The lowest BCUT2D eigenvalue weighted by molar-refractivity contribution is 0.262. The first kappa shape index (κ1) is 15.1. The minimum Gasteiger partial charge on any atom is -0.508 e. The third-order valence-corrected chi connectivity index (χ3v) is 4.48. The van der Waals surface area contributed by atoms with Gasteiger partial charge in [0.25, 0.3) is 0 Å². The summed E-state index contributed by atoms with van der Waals surface area (Å²) < 4.78 is 21.0. The van der Waals surface area contributed by atoms with E-state index in [4.69, 9.17) is 16.3 Å². The van der Waals surface area contributed by atoms with Crippen molar-refractivity contribution >= 4 is 11.6 Å². The van der Waals surface area contributed by atoms with Crippen LogP contribution in [0.5, 0.6) is 5.75 Å². The average molecular weight is 346 g/mol. The number of phenols is 1. The maximum Gasteiger partial charge on any atom is 0.144 e. The van der Waals surface area contributed by atoms with E-state index < -0.39 is 5.60 Å². The minimum absolute atomic E-state index is 0.0908. The van der Waals surface area contributed by atoms with Crippen LogP contribution in [-0.4, -0.2) is 19.9 Å². The molecule has 0 amide bonds. The summed E-state index contributed by atoms with van der Waals surface area (Å²) in [5.41, 5.74) is 0.884. The highest BCUT2D eigenvalue weighted by Gasteiger charge is 2.59. The third kappa shape index (κ3) is 2.53. The van der Waals surface area contributed by atoms with E-state index in [0.717, 1.165) is 11.1 Å². The third-order valence-electron chi connectivity index (χ3n) is 4.16. The number of benzene rings is 2. The zero-order valence-corrected chi connectivity index (χ0v) is 13.2. The fourth-order valence-corrected chi connectivity index (χ4v) is 3.21. The van der Waals surface area contributed by atoms with Gasteiger partial charge in [-0.3, -0.25) is 0 Å². The Morgan fingerprint density at radius 3 is 2.71 bits per heavy atom. The van der Waals surface area contributed by atoms with E-state index >= 15 is 0 Å². The molecule has 2 aromatic carbocycles. The summed E-state index contributed by atoms with van der Waals surface area (Å²) in [4.78, 5) is 3.95. The molecule has 7 heteroatoms. The molecule has 0 radical (unpaired) electrons. The topological polar surface area (TPSA) is 63.5 Å². The van der Waals surface area contributed by atoms with E-state index in [-0.39, 0.29) is 17.7 Å². The molecule has 0 bridgehead atoms. The first-order valence-electron chi connectivity index (χ1n) is 7.33. The summed E-state index contributed by atoms with van der Waals surface area (Å²) >= 11 is 6.25. The molecule has 0 saturated carbocycles. The molecule has 2 heterocycles. The van der Waals surface area contributed by atoms with Crippen molar-refractivity contribution in [1.29, 1.82) is 0 Å². The predicted molar refractivity (Wildman–Crippen MR) is 85.0 cm³/mol. The molecular formula is C17H13ClFN3O2. The first-order valence-corrected chi connectivity index (χ1v) is 7.71. The molecule has 122 valence electrons. The van der Waals surface area contributed by atoms with Gasteiger partial charge >= 0.3 is 0 Å². The molecule has 4 rings (SSSR count). The molecule has 1 N–H and O–H groups in total. The van der Waals surface area contributed by atoms with Gasteiger partial charge in [0, 0.05) is 5.56 Å². The number of halogens is 2. The van der Waals surface area contributed by atoms with Crippen LogP contribution in [0.2, 0.25) is 5.02 Å². The SMILES string of the molecule is Oc1ccc(C2OC2(Cn2cncn2)c2ccc(F)cc2)c(Cl)c1. The number of phenolic OH excluding ortho intramolecular Hbond substituents is 1. The van der Waals surface area contributed by atoms with Crippen molar-refractivity contribution < 1.29 is 14.2 Å². The average Bonchev–Trinajstić information content (AvgIpc) is 3.02. The van der Waals surface area contributed by atoms with E-state index in [0.29, 0.717) is 11.6 Å². The van der Waals surface area contributed by atoms with Crippen LogP contribution in [0.1, 0.15) is 17.2 Å². The molecule has 1 saturated heterocycles. The van der Waals surface area contributed by atoms with Crippen LogP contribution in [0, 0.1) is 5.82 Å². The lowest BCUT2D eigenvalue weighted by Gasteiger charge is -2.14. The number of ether oxygens (including phenoxy) is 1. The lowest BCUT2D eigenvalue weighted by Crippen LogP contribution is -2.19. The van der Waals surface area contributed by atoms with Crippen molar-refractivity contribution in [2.24, 2.45) is 0 Å². The van der Waals surface area contributed by atoms with Crippen molar-refractivity contribution in [3.8, 4) is 5.75 Å². The van der Waals surface area contributed by atoms with Crippen LogP contribution in [0.15, 0.2) is 55.1 Å². The zero-order chi connectivity index (χ0) is 16.7. The second-order valence-corrected chi connectivity index (χ2v) is 6.10. The van der Waals surface area contributed by atoms with E-state index in [1.54, 1.807) is 35.3 Å². The molecule has 1 aliphatic rings. The molecule has 3 aromatic rings. The van der Waals surface area contributed by atoms with Gasteiger partial charge in [-0.25, -0.2) is 14.1 Å². The van der Waals surface area contributed by atoms with Gasteiger partial charge in [0.2, 0.25) is 0 Å². The van der Waals surface area contributed by atoms with Crippen LogP contribution in [-0.2, 0) is 16.9 Å². The second-order valence-electron chi connectivity index (χ2n) is 5.69. The highest BCUT2D eigenvalue weighted by Crippen LogP contribution is 2.59. The van der Waals surface area contributed by atoms with Gasteiger partial charge in [-0.1, -0.05) is 29.8 Å². The van der Waals surface area contributed by atoms with Gasteiger partial charge in [0.1, 0.15) is 35.9 Å². The molecule has 5 nitrogen and oxygen atoms in total. The number of aromatic nitrogens is 3. The Labute approximate surface area is 142 Å². The highest BCUT2D eigenvalue weighted by molar-refractivity contribution is 6.31. The van der Waals surface area contributed by atoms with E-state index in [9.17, 15) is 9.50 Å². The molecule has 1 aromatic heterocycles. The van der Waals surface area contributed by atoms with Gasteiger partial charge in [0.05, 0.1) is 11.6 Å². The van der Waals surface area contributed by atoms with Crippen LogP contribution in [0.4, 0.5) is 4.39 Å². The summed E-state index contributed by atoms with van der Waals surface area (Å²) in [6.07, 6.45) is 2.73. The molecule has 2 unspecified atom stereocenters. The van der Waals surface area contributed by atoms with E-state index in [1.165, 1.54) is 24.5 Å². The number of hydrogen-bond acceptors (Lipinski definition) is 4. The second kappa shape index (κ2) is 5.58. The number of nitrogens with zero attached hydrogens (tertiary/aromatic N) is 3. The minimum atomic E-state index is -0.706. The maximum absolute atomic E-state index is 13.3. The normalized spacial score (nSPS) is 22.5. The van der Waals surface area contributed by atoms with Crippen molar-refractivity contribution in [3.05, 3.63) is 77.1 Å². The standard InChI is InChI=1S/C17H13ClFN3O2/c18-15-7-13(23)5-6-14(15)16-17(24-16,8-22-10-20-9-21-22)11-1-3-12(19)4-2-11/h1-7,9-10,16,23H,8H2. The Morgan fingerprint density at radius 2 is 2.04 bits per heavy atom. The maximum atomic E-state index is 13.3. The fourth-order valence-electron chi connectivity index (χ4n) is 2.94. The lowest BCUT2D eigenvalue weighted by atomic mass is 9.91. The molecule has 0 aliphatic carbocycles. The Morgan fingerprint density at radius 1 is 1.25 bits per heavy atom. The van der Waals surface area contributed by atoms with Crippen molar-refractivity contribution in [1.82, 2.24) is 14.8 Å². The first-order chi connectivity index (χ1) is 11.6. The van der Waals surface area contributed by atoms with Gasteiger partial charge < -0.3 is 9.84 Å². The van der Waals surface area contributed by atoms with Crippen molar-refractivity contribution in [2.75, 3.05) is 0 Å². The summed E-state index contributed by atoms with van der Waals surface area (Å²) in [5, 5.41) is 14.1. The molecule has 1 aliphatic heterocycles.